The standard InChI is InChI=1S/C31H30Cl2N4/c1-31(2,25-11-7-23(8-12-25)29(34)36-19-21-3-15-27(32)16-4-21)26-13-9-24(10-14-26)30(35)37-20-22-5-17-28(33)18-6-22/h3-18H,19-20H2,1-2H3,(H2,34,36)(H2,35,37). The molecule has 6 heteroatoms. The molecule has 0 aromatic heterocycles. The van der Waals surface area contributed by atoms with Crippen molar-refractivity contribution in [3.05, 3.63) is 140 Å². The van der Waals surface area contributed by atoms with Crippen LogP contribution in [-0.2, 0) is 18.5 Å². The van der Waals surface area contributed by atoms with E-state index in [0.29, 0.717) is 34.8 Å². The van der Waals surface area contributed by atoms with Crippen molar-refractivity contribution >= 4 is 34.9 Å². The van der Waals surface area contributed by atoms with Crippen LogP contribution in [0.5, 0.6) is 0 Å². The number of benzene rings is 4. The highest BCUT2D eigenvalue weighted by molar-refractivity contribution is 6.30. The van der Waals surface area contributed by atoms with Crippen LogP contribution >= 0.6 is 23.2 Å². The van der Waals surface area contributed by atoms with Gasteiger partial charge in [-0.1, -0.05) is 110 Å². The third-order valence-corrected chi connectivity index (χ3v) is 7.00. The number of aliphatic imine (C=N–C) groups is 2. The summed E-state index contributed by atoms with van der Waals surface area (Å²) in [7, 11) is 0. The Hall–Kier alpha value is -3.60. The van der Waals surface area contributed by atoms with Crippen LogP contribution in [0, 0.1) is 0 Å². The summed E-state index contributed by atoms with van der Waals surface area (Å²) in [5.74, 6) is 1.02. The Labute approximate surface area is 228 Å². The van der Waals surface area contributed by atoms with Crippen molar-refractivity contribution in [2.45, 2.75) is 32.4 Å². The van der Waals surface area contributed by atoms with E-state index in [-0.39, 0.29) is 5.41 Å². The molecule has 0 saturated carbocycles. The van der Waals surface area contributed by atoms with Gasteiger partial charge in [0.15, 0.2) is 0 Å². The van der Waals surface area contributed by atoms with Crippen molar-refractivity contribution in [3.8, 4) is 0 Å². The van der Waals surface area contributed by atoms with E-state index >= 15 is 0 Å². The van der Waals surface area contributed by atoms with Crippen LogP contribution in [0.3, 0.4) is 0 Å². The molecule has 0 fully saturated rings. The summed E-state index contributed by atoms with van der Waals surface area (Å²) in [5.41, 5.74) is 18.6. The van der Waals surface area contributed by atoms with Crippen LogP contribution in [-0.4, -0.2) is 11.7 Å². The number of nitrogens with two attached hydrogens (primary N) is 2. The zero-order valence-electron chi connectivity index (χ0n) is 21.0. The Morgan fingerprint density at radius 1 is 0.568 bits per heavy atom. The molecule has 0 spiro atoms. The highest BCUT2D eigenvalue weighted by Gasteiger charge is 2.23. The average molecular weight is 530 g/mol. The Morgan fingerprint density at radius 3 is 1.22 bits per heavy atom. The van der Waals surface area contributed by atoms with Gasteiger partial charge in [0.05, 0.1) is 13.1 Å². The van der Waals surface area contributed by atoms with Gasteiger partial charge in [-0.25, -0.2) is 0 Å². The highest BCUT2D eigenvalue weighted by atomic mass is 35.5. The molecule has 4 aromatic carbocycles. The summed E-state index contributed by atoms with van der Waals surface area (Å²) in [6.45, 7) is 5.42. The molecule has 4 nitrogen and oxygen atoms in total. The number of hydrogen-bond donors (Lipinski definition) is 2. The van der Waals surface area contributed by atoms with Crippen molar-refractivity contribution in [3.63, 3.8) is 0 Å². The van der Waals surface area contributed by atoms with Crippen LogP contribution in [0.25, 0.3) is 0 Å². The lowest BCUT2D eigenvalue weighted by molar-refractivity contribution is 0.641. The van der Waals surface area contributed by atoms with Gasteiger partial charge < -0.3 is 11.5 Å². The van der Waals surface area contributed by atoms with Crippen molar-refractivity contribution in [1.29, 1.82) is 0 Å². The van der Waals surface area contributed by atoms with Crippen LogP contribution in [0.4, 0.5) is 0 Å². The summed E-state index contributed by atoms with van der Waals surface area (Å²) < 4.78 is 0. The predicted molar refractivity (Wildman–Crippen MR) is 157 cm³/mol. The van der Waals surface area contributed by atoms with Crippen molar-refractivity contribution in [2.75, 3.05) is 0 Å². The van der Waals surface area contributed by atoms with Crippen LogP contribution in [0.15, 0.2) is 107 Å². The first-order chi connectivity index (χ1) is 17.7. The Balaban J connectivity index is 1.43. The molecule has 0 unspecified atom stereocenters. The fraction of sp³-hybridized carbons (Fsp3) is 0.161. The van der Waals surface area contributed by atoms with Gasteiger partial charge in [-0.3, -0.25) is 9.98 Å². The van der Waals surface area contributed by atoms with E-state index in [1.807, 2.05) is 72.8 Å². The zero-order chi connectivity index (χ0) is 26.4. The van der Waals surface area contributed by atoms with Gasteiger partial charge in [-0.05, 0) is 46.5 Å². The molecule has 4 N–H and O–H groups in total. The first-order valence-corrected chi connectivity index (χ1v) is 12.8. The average Bonchev–Trinajstić information content (AvgIpc) is 2.92. The van der Waals surface area contributed by atoms with Gasteiger partial charge in [-0.2, -0.15) is 0 Å². The minimum atomic E-state index is -0.207. The van der Waals surface area contributed by atoms with Crippen molar-refractivity contribution in [2.24, 2.45) is 21.5 Å². The molecule has 0 aliphatic carbocycles. The van der Waals surface area contributed by atoms with E-state index in [4.69, 9.17) is 34.7 Å². The Kier molecular flexibility index (Phi) is 8.32. The smallest absolute Gasteiger partial charge is 0.125 e. The summed E-state index contributed by atoms with van der Waals surface area (Å²) in [4.78, 5) is 9.06. The monoisotopic (exact) mass is 528 g/mol. The lowest BCUT2D eigenvalue weighted by Gasteiger charge is -2.26. The van der Waals surface area contributed by atoms with Gasteiger partial charge in [-0.15, -0.1) is 0 Å². The van der Waals surface area contributed by atoms with Crippen molar-refractivity contribution in [1.82, 2.24) is 0 Å². The molecule has 4 aromatic rings. The normalized spacial score (nSPS) is 12.5. The van der Waals surface area contributed by atoms with E-state index in [0.717, 1.165) is 22.3 Å². The molecule has 0 aliphatic rings. The predicted octanol–water partition coefficient (Wildman–Crippen LogP) is 7.13. The second-order valence-electron chi connectivity index (χ2n) is 9.44. The van der Waals surface area contributed by atoms with Gasteiger partial charge >= 0.3 is 0 Å². The highest BCUT2D eigenvalue weighted by Crippen LogP contribution is 2.31. The first-order valence-electron chi connectivity index (χ1n) is 12.0. The number of rotatable bonds is 8. The van der Waals surface area contributed by atoms with Gasteiger partial charge in [0, 0.05) is 26.6 Å². The van der Waals surface area contributed by atoms with Crippen molar-refractivity contribution < 1.29 is 0 Å². The zero-order valence-corrected chi connectivity index (χ0v) is 22.5. The fourth-order valence-corrected chi connectivity index (χ4v) is 4.25. The SMILES string of the molecule is CC(C)(c1ccc(C(N)=NCc2ccc(Cl)cc2)cc1)c1ccc(C(N)=NCc2ccc(Cl)cc2)cc1. The molecule has 0 saturated heterocycles. The lowest BCUT2D eigenvalue weighted by atomic mass is 9.77. The number of halogens is 2. The summed E-state index contributed by atoms with van der Waals surface area (Å²) >= 11 is 11.9. The largest absolute Gasteiger partial charge is 0.383 e. The molecule has 0 bridgehead atoms. The number of nitrogens with zero attached hydrogens (tertiary/aromatic N) is 2. The molecule has 0 atom stereocenters. The van der Waals surface area contributed by atoms with E-state index < -0.39 is 0 Å². The first kappa shape index (κ1) is 26.5. The fourth-order valence-electron chi connectivity index (χ4n) is 4.00. The molecular formula is C31H30Cl2N4. The minimum Gasteiger partial charge on any atom is -0.383 e. The Bertz CT molecular complexity index is 1280. The molecule has 188 valence electrons. The molecule has 37 heavy (non-hydrogen) atoms. The van der Waals surface area contributed by atoms with Crippen LogP contribution in [0.2, 0.25) is 10.0 Å². The van der Waals surface area contributed by atoms with Gasteiger partial charge in [0.1, 0.15) is 11.7 Å². The lowest BCUT2D eigenvalue weighted by Crippen LogP contribution is -2.20. The summed E-state index contributed by atoms with van der Waals surface area (Å²) in [5, 5.41) is 1.42. The molecule has 0 amide bonds. The quantitative estimate of drug-likeness (QED) is 0.188. The summed E-state index contributed by atoms with van der Waals surface area (Å²) in [6.07, 6.45) is 0. The molecule has 0 radical (unpaired) electrons. The molecule has 4 rings (SSSR count). The van der Waals surface area contributed by atoms with Gasteiger partial charge in [0.25, 0.3) is 0 Å². The van der Waals surface area contributed by atoms with Crippen LogP contribution in [0.1, 0.15) is 47.2 Å². The maximum absolute atomic E-state index is 6.25. The topological polar surface area (TPSA) is 76.8 Å². The maximum Gasteiger partial charge on any atom is 0.125 e. The van der Waals surface area contributed by atoms with E-state index in [2.05, 4.69) is 48.1 Å². The number of amidine groups is 2. The Morgan fingerprint density at radius 2 is 0.892 bits per heavy atom. The third-order valence-electron chi connectivity index (χ3n) is 6.50. The third kappa shape index (κ3) is 6.79. The van der Waals surface area contributed by atoms with E-state index in [9.17, 15) is 0 Å². The molecule has 0 aliphatic heterocycles. The number of hydrogen-bond acceptors (Lipinski definition) is 2. The van der Waals surface area contributed by atoms with E-state index in [1.54, 1.807) is 0 Å². The van der Waals surface area contributed by atoms with E-state index in [1.165, 1.54) is 11.1 Å². The van der Waals surface area contributed by atoms with Gasteiger partial charge in [0.2, 0.25) is 0 Å². The molecular weight excluding hydrogens is 499 g/mol. The summed E-state index contributed by atoms with van der Waals surface area (Å²) in [6, 6.07) is 31.8. The maximum atomic E-state index is 6.25. The molecule has 0 heterocycles. The van der Waals surface area contributed by atoms with Crippen LogP contribution < -0.4 is 11.5 Å². The second-order valence-corrected chi connectivity index (χ2v) is 10.3. The second kappa shape index (κ2) is 11.6. The minimum absolute atomic E-state index is 0.207.